The van der Waals surface area contributed by atoms with E-state index in [1.165, 1.54) is 43.7 Å². The molecule has 1 atom stereocenters. The third kappa shape index (κ3) is 2.65. The Kier molecular flexibility index (Phi) is 4.14. The number of thioether (sulfide) groups is 1. The normalized spacial score (nSPS) is 31.9. The molecule has 2 heterocycles. The molecular formula is C11H21NOS. The van der Waals surface area contributed by atoms with Gasteiger partial charge in [-0.05, 0) is 49.7 Å². The predicted molar refractivity (Wildman–Crippen MR) is 61.7 cm³/mol. The molecule has 2 rings (SSSR count). The Morgan fingerprint density at radius 2 is 2.00 bits per heavy atom. The largest absolute Gasteiger partial charge is 0.396 e. The number of nitrogens with zero attached hydrogens (tertiary/aromatic N) is 1. The first-order chi connectivity index (χ1) is 6.90. The van der Waals surface area contributed by atoms with E-state index in [9.17, 15) is 5.11 Å². The van der Waals surface area contributed by atoms with Crippen molar-refractivity contribution in [3.8, 4) is 0 Å². The van der Waals surface area contributed by atoms with Gasteiger partial charge in [-0.2, -0.15) is 11.8 Å². The summed E-state index contributed by atoms with van der Waals surface area (Å²) in [6.45, 7) is 2.80. The monoisotopic (exact) mass is 215 g/mol. The van der Waals surface area contributed by atoms with E-state index in [1.54, 1.807) is 0 Å². The molecule has 0 radical (unpaired) electrons. The molecule has 0 aromatic carbocycles. The van der Waals surface area contributed by atoms with Gasteiger partial charge in [0.05, 0.1) is 0 Å². The lowest BCUT2D eigenvalue weighted by molar-refractivity contribution is 0.0842. The number of rotatable bonds is 2. The van der Waals surface area contributed by atoms with Crippen LogP contribution in [0.25, 0.3) is 0 Å². The van der Waals surface area contributed by atoms with E-state index in [2.05, 4.69) is 16.7 Å². The molecule has 14 heavy (non-hydrogen) atoms. The van der Waals surface area contributed by atoms with E-state index in [4.69, 9.17) is 0 Å². The summed E-state index contributed by atoms with van der Waals surface area (Å²) in [5.41, 5.74) is 0. The average Bonchev–Trinajstić information content (AvgIpc) is 2.30. The van der Waals surface area contributed by atoms with Gasteiger partial charge in [-0.3, -0.25) is 4.90 Å². The number of hydrogen-bond donors (Lipinski definition) is 1. The Morgan fingerprint density at radius 3 is 2.71 bits per heavy atom. The van der Waals surface area contributed by atoms with Crippen molar-refractivity contribution in [2.24, 2.45) is 5.92 Å². The highest BCUT2D eigenvalue weighted by Gasteiger charge is 2.26. The Bertz CT molecular complexity index is 171. The van der Waals surface area contributed by atoms with Crippen LogP contribution in [0.3, 0.4) is 0 Å². The predicted octanol–water partition coefficient (Wildman–Crippen LogP) is 1.59. The van der Waals surface area contributed by atoms with Crippen molar-refractivity contribution in [3.05, 3.63) is 0 Å². The Morgan fingerprint density at radius 1 is 1.21 bits per heavy atom. The van der Waals surface area contributed by atoms with Crippen LogP contribution in [0.4, 0.5) is 0 Å². The quantitative estimate of drug-likeness (QED) is 0.756. The molecule has 2 aliphatic rings. The zero-order valence-electron chi connectivity index (χ0n) is 8.82. The standard InChI is InChI=1S/C11H21NOS/c13-9-10-2-1-5-12(8-10)11-3-6-14-7-4-11/h10-11,13H,1-9H2. The molecule has 2 saturated heterocycles. The minimum absolute atomic E-state index is 0.387. The lowest BCUT2D eigenvalue weighted by atomic mass is 9.96. The molecular weight excluding hydrogens is 194 g/mol. The fourth-order valence-corrected chi connectivity index (χ4v) is 3.71. The Hall–Kier alpha value is 0.270. The van der Waals surface area contributed by atoms with Gasteiger partial charge in [0.25, 0.3) is 0 Å². The molecule has 1 unspecified atom stereocenters. The molecule has 0 spiro atoms. The molecule has 2 nitrogen and oxygen atoms in total. The van der Waals surface area contributed by atoms with E-state index in [0.29, 0.717) is 12.5 Å². The van der Waals surface area contributed by atoms with Crippen molar-refractivity contribution in [1.29, 1.82) is 0 Å². The molecule has 0 aliphatic carbocycles. The first-order valence-corrected chi connectivity index (χ1v) is 6.98. The molecule has 2 aliphatic heterocycles. The first-order valence-electron chi connectivity index (χ1n) is 5.83. The zero-order valence-corrected chi connectivity index (χ0v) is 9.64. The van der Waals surface area contributed by atoms with E-state index in [-0.39, 0.29) is 0 Å². The van der Waals surface area contributed by atoms with Crippen molar-refractivity contribution in [3.63, 3.8) is 0 Å². The van der Waals surface area contributed by atoms with Crippen LogP contribution in [0.15, 0.2) is 0 Å². The lowest BCUT2D eigenvalue weighted by Gasteiger charge is -2.39. The molecule has 0 saturated carbocycles. The minimum Gasteiger partial charge on any atom is -0.396 e. The van der Waals surface area contributed by atoms with Gasteiger partial charge in [-0.25, -0.2) is 0 Å². The number of likely N-dealkylation sites (tertiary alicyclic amines) is 1. The van der Waals surface area contributed by atoms with Crippen molar-refractivity contribution in [2.75, 3.05) is 31.2 Å². The highest BCUT2D eigenvalue weighted by atomic mass is 32.2. The summed E-state index contributed by atoms with van der Waals surface area (Å²) in [7, 11) is 0. The second kappa shape index (κ2) is 5.38. The third-order valence-corrected chi connectivity index (χ3v) is 4.56. The van der Waals surface area contributed by atoms with Crippen LogP contribution in [0.1, 0.15) is 25.7 Å². The van der Waals surface area contributed by atoms with Crippen LogP contribution < -0.4 is 0 Å². The summed E-state index contributed by atoms with van der Waals surface area (Å²) in [5.74, 6) is 3.23. The Balaban J connectivity index is 1.83. The summed E-state index contributed by atoms with van der Waals surface area (Å²) >= 11 is 2.09. The van der Waals surface area contributed by atoms with Crippen molar-refractivity contribution in [1.82, 2.24) is 4.90 Å². The summed E-state index contributed by atoms with van der Waals surface area (Å²) < 4.78 is 0. The number of aliphatic hydroxyl groups excluding tert-OH is 1. The van der Waals surface area contributed by atoms with Crippen molar-refractivity contribution < 1.29 is 5.11 Å². The molecule has 0 bridgehead atoms. The van der Waals surface area contributed by atoms with E-state index in [1.807, 2.05) is 0 Å². The maximum absolute atomic E-state index is 9.18. The molecule has 1 N–H and O–H groups in total. The topological polar surface area (TPSA) is 23.5 Å². The van der Waals surface area contributed by atoms with Gasteiger partial charge in [0.1, 0.15) is 0 Å². The Labute approximate surface area is 91.1 Å². The minimum atomic E-state index is 0.387. The van der Waals surface area contributed by atoms with Crippen LogP contribution in [0.5, 0.6) is 0 Å². The summed E-state index contributed by atoms with van der Waals surface area (Å²) in [5, 5.41) is 9.18. The summed E-state index contributed by atoms with van der Waals surface area (Å²) in [6.07, 6.45) is 5.25. The van der Waals surface area contributed by atoms with E-state index in [0.717, 1.165) is 12.6 Å². The fourth-order valence-electron chi connectivity index (χ4n) is 2.63. The van der Waals surface area contributed by atoms with Gasteiger partial charge < -0.3 is 5.11 Å². The van der Waals surface area contributed by atoms with Crippen molar-refractivity contribution in [2.45, 2.75) is 31.7 Å². The second-order valence-electron chi connectivity index (χ2n) is 4.53. The van der Waals surface area contributed by atoms with Crippen molar-refractivity contribution >= 4 is 11.8 Å². The number of hydrogen-bond acceptors (Lipinski definition) is 3. The fraction of sp³-hybridized carbons (Fsp3) is 1.00. The molecule has 0 aromatic heterocycles. The lowest BCUT2D eigenvalue weighted by Crippen LogP contribution is -2.45. The van der Waals surface area contributed by atoms with Crippen LogP contribution in [-0.2, 0) is 0 Å². The van der Waals surface area contributed by atoms with Gasteiger partial charge in [-0.15, -0.1) is 0 Å². The second-order valence-corrected chi connectivity index (χ2v) is 5.75. The zero-order chi connectivity index (χ0) is 9.80. The smallest absolute Gasteiger partial charge is 0.0471 e. The number of piperidine rings is 1. The number of aliphatic hydroxyl groups is 1. The summed E-state index contributed by atoms with van der Waals surface area (Å²) in [6, 6.07) is 0.825. The molecule has 0 aromatic rings. The highest BCUT2D eigenvalue weighted by molar-refractivity contribution is 7.99. The molecule has 2 fully saturated rings. The maximum atomic E-state index is 9.18. The van der Waals surface area contributed by atoms with Gasteiger partial charge >= 0.3 is 0 Å². The van der Waals surface area contributed by atoms with Gasteiger partial charge in [0, 0.05) is 19.2 Å². The molecule has 3 heteroatoms. The SMILES string of the molecule is OCC1CCCN(C2CCSCC2)C1. The van der Waals surface area contributed by atoms with Crippen LogP contribution in [-0.4, -0.2) is 47.3 Å². The highest BCUT2D eigenvalue weighted by Crippen LogP contribution is 2.26. The van der Waals surface area contributed by atoms with Gasteiger partial charge in [0.15, 0.2) is 0 Å². The van der Waals surface area contributed by atoms with E-state index < -0.39 is 0 Å². The van der Waals surface area contributed by atoms with Crippen LogP contribution in [0.2, 0.25) is 0 Å². The maximum Gasteiger partial charge on any atom is 0.0471 e. The van der Waals surface area contributed by atoms with Crippen LogP contribution in [0, 0.1) is 5.92 Å². The molecule has 0 amide bonds. The first kappa shape index (κ1) is 10.8. The van der Waals surface area contributed by atoms with Gasteiger partial charge in [0.2, 0.25) is 0 Å². The average molecular weight is 215 g/mol. The van der Waals surface area contributed by atoms with E-state index >= 15 is 0 Å². The van der Waals surface area contributed by atoms with Crippen LogP contribution >= 0.6 is 11.8 Å². The molecule has 82 valence electrons. The van der Waals surface area contributed by atoms with Gasteiger partial charge in [-0.1, -0.05) is 0 Å². The third-order valence-electron chi connectivity index (χ3n) is 3.52. The summed E-state index contributed by atoms with van der Waals surface area (Å²) in [4.78, 5) is 2.63.